The topological polar surface area (TPSA) is 80.4 Å². The molecular weight excluding hydrogens is 246 g/mol. The molecule has 0 aliphatic carbocycles. The van der Waals surface area contributed by atoms with Crippen LogP contribution in [0.3, 0.4) is 0 Å². The van der Waals surface area contributed by atoms with Gasteiger partial charge in [0.15, 0.2) is 5.82 Å². The van der Waals surface area contributed by atoms with Crippen molar-refractivity contribution < 1.29 is 14.4 Å². The maximum Gasteiger partial charge on any atom is 0.213 e. The van der Waals surface area contributed by atoms with Crippen LogP contribution in [0.5, 0.6) is 5.75 Å². The van der Waals surface area contributed by atoms with Crippen LogP contribution in [0, 0.1) is 0 Å². The summed E-state index contributed by atoms with van der Waals surface area (Å²) in [5.41, 5.74) is 0.855. The first-order valence-electron chi connectivity index (χ1n) is 6.07. The Morgan fingerprint density at radius 2 is 2.16 bits per heavy atom. The molecule has 6 heteroatoms. The summed E-state index contributed by atoms with van der Waals surface area (Å²) in [6.07, 6.45) is 1.43. The van der Waals surface area contributed by atoms with Crippen LogP contribution in [-0.4, -0.2) is 35.4 Å². The van der Waals surface area contributed by atoms with Crippen molar-refractivity contribution in [3.05, 3.63) is 42.0 Å². The first-order valence-corrected chi connectivity index (χ1v) is 6.07. The SMILES string of the molecule is COc1ccc(C(O)CNCCc2ncon2)cc1. The van der Waals surface area contributed by atoms with E-state index in [4.69, 9.17) is 4.74 Å². The molecule has 1 unspecified atom stereocenters. The number of rotatable bonds is 7. The Kier molecular flexibility index (Phi) is 4.88. The fourth-order valence-corrected chi connectivity index (χ4v) is 1.69. The summed E-state index contributed by atoms with van der Waals surface area (Å²) in [5.74, 6) is 1.44. The molecular formula is C13H17N3O3. The number of nitrogens with zero attached hydrogens (tertiary/aromatic N) is 2. The highest BCUT2D eigenvalue weighted by molar-refractivity contribution is 5.28. The van der Waals surface area contributed by atoms with E-state index in [0.717, 1.165) is 11.3 Å². The number of ether oxygens (including phenoxy) is 1. The molecule has 6 nitrogen and oxygen atoms in total. The van der Waals surface area contributed by atoms with Crippen molar-refractivity contribution in [3.8, 4) is 5.75 Å². The molecule has 0 saturated heterocycles. The minimum Gasteiger partial charge on any atom is -0.497 e. The van der Waals surface area contributed by atoms with Gasteiger partial charge in [-0.3, -0.25) is 0 Å². The summed E-state index contributed by atoms with van der Waals surface area (Å²) in [4.78, 5) is 3.92. The molecule has 19 heavy (non-hydrogen) atoms. The lowest BCUT2D eigenvalue weighted by atomic mass is 10.1. The highest BCUT2D eigenvalue weighted by atomic mass is 16.5. The van der Waals surface area contributed by atoms with Gasteiger partial charge in [0.25, 0.3) is 0 Å². The van der Waals surface area contributed by atoms with Gasteiger partial charge in [-0.1, -0.05) is 17.3 Å². The van der Waals surface area contributed by atoms with Gasteiger partial charge in [-0.2, -0.15) is 4.98 Å². The van der Waals surface area contributed by atoms with E-state index in [2.05, 4.69) is 20.0 Å². The number of aromatic nitrogens is 2. The molecule has 1 atom stereocenters. The standard InChI is InChI=1S/C13H17N3O3/c1-18-11-4-2-10(3-5-11)12(17)8-14-7-6-13-15-9-19-16-13/h2-5,9,12,14,17H,6-8H2,1H3. The van der Waals surface area contributed by atoms with E-state index in [9.17, 15) is 5.11 Å². The van der Waals surface area contributed by atoms with Crippen molar-refractivity contribution >= 4 is 0 Å². The summed E-state index contributed by atoms with van der Waals surface area (Å²) in [6.45, 7) is 1.16. The quantitative estimate of drug-likeness (QED) is 0.724. The molecule has 102 valence electrons. The van der Waals surface area contributed by atoms with Gasteiger partial charge in [-0.25, -0.2) is 0 Å². The molecule has 2 aromatic rings. The molecule has 0 amide bonds. The Balaban J connectivity index is 1.72. The van der Waals surface area contributed by atoms with Crippen LogP contribution in [-0.2, 0) is 6.42 Å². The van der Waals surface area contributed by atoms with Crippen LogP contribution < -0.4 is 10.1 Å². The molecule has 2 N–H and O–H groups in total. The summed E-state index contributed by atoms with van der Waals surface area (Å²) in [5, 5.41) is 16.8. The number of aliphatic hydroxyl groups is 1. The first-order chi connectivity index (χ1) is 9.29. The van der Waals surface area contributed by atoms with Crippen molar-refractivity contribution in [1.82, 2.24) is 15.5 Å². The van der Waals surface area contributed by atoms with E-state index in [0.29, 0.717) is 25.3 Å². The molecule has 1 heterocycles. The lowest BCUT2D eigenvalue weighted by Gasteiger charge is -2.12. The average Bonchev–Trinajstić information content (AvgIpc) is 2.96. The van der Waals surface area contributed by atoms with Crippen LogP contribution in [0.2, 0.25) is 0 Å². The van der Waals surface area contributed by atoms with Gasteiger partial charge < -0.3 is 19.7 Å². The highest BCUT2D eigenvalue weighted by Gasteiger charge is 2.07. The molecule has 0 radical (unpaired) electrons. The fourth-order valence-electron chi connectivity index (χ4n) is 1.69. The fraction of sp³-hybridized carbons (Fsp3) is 0.385. The summed E-state index contributed by atoms with van der Waals surface area (Å²) >= 11 is 0. The monoisotopic (exact) mass is 263 g/mol. The lowest BCUT2D eigenvalue weighted by Crippen LogP contribution is -2.24. The smallest absolute Gasteiger partial charge is 0.213 e. The Bertz CT molecular complexity index is 470. The third-order valence-corrected chi connectivity index (χ3v) is 2.77. The first kappa shape index (κ1) is 13.5. The Labute approximate surface area is 111 Å². The maximum absolute atomic E-state index is 9.99. The number of hydrogen-bond acceptors (Lipinski definition) is 6. The minimum atomic E-state index is -0.545. The molecule has 0 saturated carbocycles. The maximum atomic E-state index is 9.99. The highest BCUT2D eigenvalue weighted by Crippen LogP contribution is 2.16. The normalized spacial score (nSPS) is 12.3. The van der Waals surface area contributed by atoms with Crippen molar-refractivity contribution in [2.75, 3.05) is 20.2 Å². The van der Waals surface area contributed by atoms with Crippen LogP contribution in [0.4, 0.5) is 0 Å². The summed E-state index contributed by atoms with van der Waals surface area (Å²) < 4.78 is 9.70. The van der Waals surface area contributed by atoms with Gasteiger partial charge in [0.1, 0.15) is 5.75 Å². The predicted octanol–water partition coefficient (Wildman–Crippen LogP) is 0.944. The number of nitrogens with one attached hydrogen (secondary N) is 1. The zero-order valence-electron chi connectivity index (χ0n) is 10.7. The largest absolute Gasteiger partial charge is 0.497 e. The van der Waals surface area contributed by atoms with Crippen LogP contribution in [0.1, 0.15) is 17.5 Å². The molecule has 0 fully saturated rings. The zero-order chi connectivity index (χ0) is 13.5. The summed E-state index contributed by atoms with van der Waals surface area (Å²) in [7, 11) is 1.62. The second kappa shape index (κ2) is 6.86. The zero-order valence-corrected chi connectivity index (χ0v) is 10.7. The van der Waals surface area contributed by atoms with Gasteiger partial charge in [-0.15, -0.1) is 0 Å². The average molecular weight is 263 g/mol. The van der Waals surface area contributed by atoms with Gasteiger partial charge in [0.05, 0.1) is 13.2 Å². The Morgan fingerprint density at radius 1 is 1.37 bits per heavy atom. The third kappa shape index (κ3) is 4.04. The van der Waals surface area contributed by atoms with Crippen molar-refractivity contribution in [2.24, 2.45) is 0 Å². The molecule has 1 aromatic carbocycles. The van der Waals surface area contributed by atoms with E-state index in [1.807, 2.05) is 24.3 Å². The number of hydrogen-bond donors (Lipinski definition) is 2. The van der Waals surface area contributed by atoms with E-state index in [1.54, 1.807) is 7.11 Å². The van der Waals surface area contributed by atoms with Crippen LogP contribution >= 0.6 is 0 Å². The minimum absolute atomic E-state index is 0.476. The number of aliphatic hydroxyl groups excluding tert-OH is 1. The molecule has 2 rings (SSSR count). The molecule has 0 aliphatic heterocycles. The molecule has 1 aromatic heterocycles. The predicted molar refractivity (Wildman–Crippen MR) is 68.8 cm³/mol. The number of benzene rings is 1. The second-order valence-corrected chi connectivity index (χ2v) is 4.09. The Hall–Kier alpha value is -1.92. The lowest BCUT2D eigenvalue weighted by molar-refractivity contribution is 0.175. The van der Waals surface area contributed by atoms with Gasteiger partial charge in [0.2, 0.25) is 6.39 Å². The molecule has 0 aliphatic rings. The van der Waals surface area contributed by atoms with Gasteiger partial charge in [-0.05, 0) is 17.7 Å². The van der Waals surface area contributed by atoms with E-state index in [1.165, 1.54) is 6.39 Å². The summed E-state index contributed by atoms with van der Waals surface area (Å²) in [6, 6.07) is 7.37. The molecule has 0 bridgehead atoms. The van der Waals surface area contributed by atoms with Crippen LogP contribution in [0.25, 0.3) is 0 Å². The van der Waals surface area contributed by atoms with E-state index < -0.39 is 6.10 Å². The van der Waals surface area contributed by atoms with Gasteiger partial charge >= 0.3 is 0 Å². The van der Waals surface area contributed by atoms with E-state index >= 15 is 0 Å². The number of methoxy groups -OCH3 is 1. The van der Waals surface area contributed by atoms with Gasteiger partial charge in [0, 0.05) is 19.5 Å². The van der Waals surface area contributed by atoms with Crippen molar-refractivity contribution in [2.45, 2.75) is 12.5 Å². The second-order valence-electron chi connectivity index (χ2n) is 4.09. The van der Waals surface area contributed by atoms with Crippen LogP contribution in [0.15, 0.2) is 35.2 Å². The van der Waals surface area contributed by atoms with Crippen molar-refractivity contribution in [1.29, 1.82) is 0 Å². The van der Waals surface area contributed by atoms with E-state index in [-0.39, 0.29) is 0 Å². The Morgan fingerprint density at radius 3 is 2.79 bits per heavy atom. The van der Waals surface area contributed by atoms with Crippen molar-refractivity contribution in [3.63, 3.8) is 0 Å². The third-order valence-electron chi connectivity index (χ3n) is 2.77. The molecule has 0 spiro atoms.